The van der Waals surface area contributed by atoms with E-state index >= 15 is 0 Å². The zero-order valence-corrected chi connectivity index (χ0v) is 14.3. The van der Waals surface area contributed by atoms with Gasteiger partial charge in [0.25, 0.3) is 0 Å². The van der Waals surface area contributed by atoms with Crippen LogP contribution < -0.4 is 15.8 Å². The zero-order chi connectivity index (χ0) is 17.7. The van der Waals surface area contributed by atoms with E-state index in [2.05, 4.69) is 5.32 Å². The number of benzene rings is 2. The summed E-state index contributed by atoms with van der Waals surface area (Å²) < 4.78 is 5.14. The number of nitrogens with two attached hydrogens (primary N) is 1. The van der Waals surface area contributed by atoms with E-state index < -0.39 is 11.4 Å². The molecule has 0 aromatic heterocycles. The van der Waals surface area contributed by atoms with E-state index in [0.717, 1.165) is 5.56 Å². The Kier molecular flexibility index (Phi) is 5.46. The molecule has 1 atom stereocenters. The van der Waals surface area contributed by atoms with Crippen LogP contribution in [0.3, 0.4) is 0 Å². The second kappa shape index (κ2) is 7.36. The Hall–Kier alpha value is -2.53. The molecular weight excluding hydrogens is 328 g/mol. The quantitative estimate of drug-likeness (QED) is 0.842. The zero-order valence-electron chi connectivity index (χ0n) is 13.5. The lowest BCUT2D eigenvalue weighted by atomic mass is 9.91. The highest BCUT2D eigenvalue weighted by Gasteiger charge is 2.35. The first-order valence-corrected chi connectivity index (χ1v) is 7.73. The molecule has 0 saturated carbocycles. The number of carbonyl (C=O) groups excluding carboxylic acids is 2. The molecule has 5 nitrogen and oxygen atoms in total. The number of carbonyl (C=O) groups is 2. The summed E-state index contributed by atoms with van der Waals surface area (Å²) in [5.74, 6) is -0.332. The normalized spacial score (nSPS) is 13.0. The van der Waals surface area contributed by atoms with Crippen molar-refractivity contribution < 1.29 is 14.3 Å². The highest BCUT2D eigenvalue weighted by atomic mass is 35.5. The van der Waals surface area contributed by atoms with E-state index in [1.165, 1.54) is 0 Å². The number of rotatable bonds is 6. The molecule has 0 saturated heterocycles. The first kappa shape index (κ1) is 17.8. The predicted octanol–water partition coefficient (Wildman–Crippen LogP) is 2.41. The van der Waals surface area contributed by atoms with Crippen molar-refractivity contribution in [3.8, 4) is 5.75 Å². The Morgan fingerprint density at radius 3 is 2.54 bits per heavy atom. The van der Waals surface area contributed by atoms with Gasteiger partial charge in [-0.15, -0.1) is 0 Å². The van der Waals surface area contributed by atoms with Crippen LogP contribution in [0.5, 0.6) is 5.75 Å². The van der Waals surface area contributed by atoms with Crippen molar-refractivity contribution in [1.82, 2.24) is 5.32 Å². The smallest absolute Gasteiger partial charge is 0.247 e. The molecular formula is C18H19ClN2O3. The SMILES string of the molecule is COc1cccc(CC(=O)N[C@](C)(C(N)=O)c2cccc(Cl)c2)c1. The molecule has 0 heterocycles. The predicted molar refractivity (Wildman–Crippen MR) is 92.8 cm³/mol. The second-order valence-corrected chi connectivity index (χ2v) is 6.01. The monoisotopic (exact) mass is 346 g/mol. The van der Waals surface area contributed by atoms with Crippen LogP contribution >= 0.6 is 11.6 Å². The van der Waals surface area contributed by atoms with Crippen LogP contribution in [0.25, 0.3) is 0 Å². The molecule has 0 unspecified atom stereocenters. The van der Waals surface area contributed by atoms with Crippen molar-refractivity contribution in [2.24, 2.45) is 5.73 Å². The second-order valence-electron chi connectivity index (χ2n) is 5.58. The minimum absolute atomic E-state index is 0.0979. The van der Waals surface area contributed by atoms with E-state index in [1.807, 2.05) is 6.07 Å². The van der Waals surface area contributed by atoms with Crippen LogP contribution in [0.15, 0.2) is 48.5 Å². The number of halogens is 1. The van der Waals surface area contributed by atoms with Gasteiger partial charge in [0.05, 0.1) is 13.5 Å². The van der Waals surface area contributed by atoms with Crippen molar-refractivity contribution in [3.05, 3.63) is 64.7 Å². The molecule has 126 valence electrons. The molecule has 3 N–H and O–H groups in total. The van der Waals surface area contributed by atoms with Gasteiger partial charge in [-0.05, 0) is 42.3 Å². The van der Waals surface area contributed by atoms with Crippen LogP contribution in [0, 0.1) is 0 Å². The Balaban J connectivity index is 2.21. The Morgan fingerprint density at radius 1 is 1.21 bits per heavy atom. The summed E-state index contributed by atoms with van der Waals surface area (Å²) in [4.78, 5) is 24.4. The van der Waals surface area contributed by atoms with Crippen molar-refractivity contribution in [3.63, 3.8) is 0 Å². The molecule has 6 heteroatoms. The maximum atomic E-state index is 12.4. The van der Waals surface area contributed by atoms with E-state index in [1.54, 1.807) is 56.5 Å². The van der Waals surface area contributed by atoms with E-state index in [9.17, 15) is 9.59 Å². The summed E-state index contributed by atoms with van der Waals surface area (Å²) >= 11 is 5.98. The number of hydrogen-bond donors (Lipinski definition) is 2. The third-order valence-corrected chi connectivity index (χ3v) is 4.02. The summed E-state index contributed by atoms with van der Waals surface area (Å²) in [5, 5.41) is 3.17. The largest absolute Gasteiger partial charge is 0.497 e. The summed E-state index contributed by atoms with van der Waals surface area (Å²) in [6, 6.07) is 13.9. The fourth-order valence-corrected chi connectivity index (χ4v) is 2.56. The molecule has 0 fully saturated rings. The molecule has 2 rings (SSSR count). The maximum Gasteiger partial charge on any atom is 0.247 e. The maximum absolute atomic E-state index is 12.4. The van der Waals surface area contributed by atoms with Gasteiger partial charge in [-0.1, -0.05) is 35.9 Å². The lowest BCUT2D eigenvalue weighted by Crippen LogP contribution is -2.53. The fourth-order valence-electron chi connectivity index (χ4n) is 2.37. The number of primary amides is 1. The van der Waals surface area contributed by atoms with Gasteiger partial charge in [-0.25, -0.2) is 0 Å². The fraction of sp³-hybridized carbons (Fsp3) is 0.222. The van der Waals surface area contributed by atoms with Crippen molar-refractivity contribution >= 4 is 23.4 Å². The number of nitrogens with one attached hydrogen (secondary N) is 1. The Bertz CT molecular complexity index is 763. The van der Waals surface area contributed by atoms with Gasteiger partial charge in [-0.2, -0.15) is 0 Å². The van der Waals surface area contributed by atoms with Gasteiger partial charge < -0.3 is 15.8 Å². The van der Waals surface area contributed by atoms with Gasteiger partial charge in [0, 0.05) is 5.02 Å². The molecule has 0 aliphatic rings. The van der Waals surface area contributed by atoms with Crippen molar-refractivity contribution in [1.29, 1.82) is 0 Å². The topological polar surface area (TPSA) is 81.4 Å². The Morgan fingerprint density at radius 2 is 1.92 bits per heavy atom. The van der Waals surface area contributed by atoms with Crippen LogP contribution in [0.2, 0.25) is 5.02 Å². The number of amides is 2. The van der Waals surface area contributed by atoms with Crippen LogP contribution in [0.4, 0.5) is 0 Å². The molecule has 2 aromatic rings. The standard InChI is InChI=1S/C18H19ClN2O3/c1-18(17(20)23,13-6-4-7-14(19)11-13)21-16(22)10-12-5-3-8-15(9-12)24-2/h3-9,11H,10H2,1-2H3,(H2,20,23)(H,21,22)/t18-/m0/s1. The lowest BCUT2D eigenvalue weighted by molar-refractivity contribution is -0.131. The minimum atomic E-state index is -1.35. The van der Waals surface area contributed by atoms with Crippen molar-refractivity contribution in [2.75, 3.05) is 7.11 Å². The molecule has 24 heavy (non-hydrogen) atoms. The van der Waals surface area contributed by atoms with Gasteiger partial charge in [0.1, 0.15) is 11.3 Å². The number of ether oxygens (including phenoxy) is 1. The van der Waals surface area contributed by atoms with Crippen LogP contribution in [-0.4, -0.2) is 18.9 Å². The summed E-state index contributed by atoms with van der Waals surface area (Å²) in [6.45, 7) is 1.56. The third kappa shape index (κ3) is 4.06. The highest BCUT2D eigenvalue weighted by Crippen LogP contribution is 2.24. The van der Waals surface area contributed by atoms with Gasteiger partial charge in [0.2, 0.25) is 11.8 Å². The van der Waals surface area contributed by atoms with Crippen LogP contribution in [0.1, 0.15) is 18.1 Å². The minimum Gasteiger partial charge on any atom is -0.497 e. The molecule has 0 spiro atoms. The summed E-state index contributed by atoms with van der Waals surface area (Å²) in [7, 11) is 1.56. The molecule has 0 bridgehead atoms. The molecule has 0 aliphatic heterocycles. The average molecular weight is 347 g/mol. The van der Waals surface area contributed by atoms with Crippen molar-refractivity contribution in [2.45, 2.75) is 18.9 Å². The molecule has 0 aliphatic carbocycles. The molecule has 2 aromatic carbocycles. The van der Waals surface area contributed by atoms with E-state index in [-0.39, 0.29) is 12.3 Å². The Labute approximate surface area is 145 Å². The van der Waals surface area contributed by atoms with Gasteiger partial charge >= 0.3 is 0 Å². The summed E-state index contributed by atoms with van der Waals surface area (Å²) in [5.41, 5.74) is 5.47. The summed E-state index contributed by atoms with van der Waals surface area (Å²) in [6.07, 6.45) is 0.0979. The number of methoxy groups -OCH3 is 1. The number of hydrogen-bond acceptors (Lipinski definition) is 3. The lowest BCUT2D eigenvalue weighted by Gasteiger charge is -2.28. The van der Waals surface area contributed by atoms with Crippen LogP contribution in [-0.2, 0) is 21.5 Å². The first-order valence-electron chi connectivity index (χ1n) is 7.35. The highest BCUT2D eigenvalue weighted by molar-refractivity contribution is 6.30. The first-order chi connectivity index (χ1) is 11.3. The van der Waals surface area contributed by atoms with Gasteiger partial charge in [0.15, 0.2) is 0 Å². The third-order valence-electron chi connectivity index (χ3n) is 3.78. The van der Waals surface area contributed by atoms with E-state index in [4.69, 9.17) is 22.1 Å². The van der Waals surface area contributed by atoms with Gasteiger partial charge in [-0.3, -0.25) is 9.59 Å². The van der Waals surface area contributed by atoms with E-state index in [0.29, 0.717) is 16.3 Å². The molecule has 0 radical (unpaired) electrons. The molecule has 2 amide bonds. The average Bonchev–Trinajstić information content (AvgIpc) is 2.54.